The molecule has 11 atom stereocenters. The molecule has 0 spiro atoms. The number of benzene rings is 3. The maximum atomic E-state index is 14.8. The number of carbonyl (C=O) groups is 9. The number of ketones is 3. The van der Waals surface area contributed by atoms with Crippen molar-refractivity contribution in [2.75, 3.05) is 27.2 Å². The number of hydrogen-bond acceptors (Lipinski definition) is 12. The maximum Gasteiger partial charge on any atom is 0.246 e. The van der Waals surface area contributed by atoms with Crippen LogP contribution in [-0.4, -0.2) is 143 Å². The fourth-order valence-corrected chi connectivity index (χ4v) is 13.0. The van der Waals surface area contributed by atoms with Gasteiger partial charge in [0.2, 0.25) is 35.4 Å². The highest BCUT2D eigenvalue weighted by molar-refractivity contribution is 5.97. The molecular formula is C68H88N8O10. The zero-order valence-corrected chi connectivity index (χ0v) is 50.5. The lowest BCUT2D eigenvalue weighted by atomic mass is 9.85. The van der Waals surface area contributed by atoms with E-state index in [-0.39, 0.29) is 123 Å². The third-order valence-corrected chi connectivity index (χ3v) is 17.9. The summed E-state index contributed by atoms with van der Waals surface area (Å²) < 4.78 is 0. The van der Waals surface area contributed by atoms with Gasteiger partial charge in [-0.1, -0.05) is 117 Å². The van der Waals surface area contributed by atoms with Crippen LogP contribution in [0.25, 0.3) is 0 Å². The smallest absolute Gasteiger partial charge is 0.246 e. The number of Topliss-reactive ketones (excluding diaryl/α,β-unsaturated/α-hetero) is 3. The van der Waals surface area contributed by atoms with E-state index in [0.717, 1.165) is 11.1 Å². The standard InChI is InChI=1S/C68H88N8O10/c1-5-54(69-3)64(82)73-62-48(32-35-50-37-40-56(75(50)67(62)85)59(80)43-53(45-23-14-11-15-24-45)46-25-16-12-17-26-46)34-39-52(78)29-20-9-7-8-10-21-31-60(81)71-42-22-30-58(79)61(47-27-18-13-19-28-47)72-66(84)57-41-38-51-36-33-49(44-77)63(68(86)76(51)57)74-65(83)55(6-2)70-4/h11-19,23-28,48-51,53-57,61-63,69-70,77H,5-6,20-22,29-44H2,1-4H3,(H,71,81)(H,72,84)(H,73,82)(H,74,83)/t48-,49-,50+,51+,54+,55+,56+,57+,61+,62+,63+/m1/s1. The Morgan fingerprint density at radius 3 is 1.62 bits per heavy atom. The summed E-state index contributed by atoms with van der Waals surface area (Å²) in [5, 5.41) is 27.9. The van der Waals surface area contributed by atoms with Crippen molar-refractivity contribution in [3.8, 4) is 23.7 Å². The van der Waals surface area contributed by atoms with Gasteiger partial charge >= 0.3 is 0 Å². The predicted octanol–water partition coefficient (Wildman–Crippen LogP) is 5.51. The number of nitrogens with one attached hydrogen (secondary N) is 6. The van der Waals surface area contributed by atoms with E-state index in [9.17, 15) is 48.3 Å². The van der Waals surface area contributed by atoms with Crippen LogP contribution < -0.4 is 31.9 Å². The number of nitrogens with zero attached hydrogens (tertiary/aromatic N) is 2. The fraction of sp³-hybridized carbons (Fsp3) is 0.544. The first kappa shape index (κ1) is 66.0. The number of carbonyl (C=O) groups excluding carboxylic acids is 9. The number of likely N-dealkylation sites (N-methyl/N-ethyl adjacent to an activating group) is 2. The molecule has 4 saturated heterocycles. The first-order valence-corrected chi connectivity index (χ1v) is 31.2. The van der Waals surface area contributed by atoms with E-state index in [1.165, 1.54) is 0 Å². The van der Waals surface area contributed by atoms with Gasteiger partial charge in [0.25, 0.3) is 0 Å². The molecule has 0 unspecified atom stereocenters. The fourth-order valence-electron chi connectivity index (χ4n) is 13.0. The van der Waals surface area contributed by atoms with E-state index >= 15 is 0 Å². The summed E-state index contributed by atoms with van der Waals surface area (Å²) >= 11 is 0. The second-order valence-electron chi connectivity index (χ2n) is 23.3. The lowest BCUT2D eigenvalue weighted by Crippen LogP contribution is -2.58. The Hall–Kier alpha value is -7.51. The summed E-state index contributed by atoms with van der Waals surface area (Å²) in [5.41, 5.74) is 2.64. The van der Waals surface area contributed by atoms with Crippen LogP contribution in [-0.2, 0) is 43.2 Å². The van der Waals surface area contributed by atoms with E-state index in [4.69, 9.17) is 0 Å². The van der Waals surface area contributed by atoms with Gasteiger partial charge in [-0.25, -0.2) is 0 Å². The highest BCUT2D eigenvalue weighted by atomic mass is 16.3. The molecular weight excluding hydrogens is 1090 g/mol. The van der Waals surface area contributed by atoms with Gasteiger partial charge in [-0.3, -0.25) is 43.2 Å². The zero-order valence-electron chi connectivity index (χ0n) is 50.5. The Bertz CT molecular complexity index is 2890. The van der Waals surface area contributed by atoms with E-state index in [0.29, 0.717) is 82.6 Å². The Balaban J connectivity index is 0.850. The number of rotatable bonds is 29. The molecule has 7 rings (SSSR count). The van der Waals surface area contributed by atoms with Gasteiger partial charge in [0, 0.05) is 82.0 Å². The molecule has 0 bridgehead atoms. The van der Waals surface area contributed by atoms with Crippen molar-refractivity contribution in [1.29, 1.82) is 0 Å². The molecule has 0 aromatic heterocycles. The van der Waals surface area contributed by atoms with Gasteiger partial charge in [0.1, 0.15) is 30.0 Å². The average Bonchev–Trinajstić information content (AvgIpc) is 1.85. The van der Waals surface area contributed by atoms with Crippen molar-refractivity contribution < 1.29 is 48.3 Å². The van der Waals surface area contributed by atoms with Crippen LogP contribution in [0.4, 0.5) is 0 Å². The van der Waals surface area contributed by atoms with Crippen LogP contribution in [0.15, 0.2) is 91.0 Å². The van der Waals surface area contributed by atoms with Crippen LogP contribution in [0, 0.1) is 35.5 Å². The highest BCUT2D eigenvalue weighted by Crippen LogP contribution is 2.39. The molecule has 86 heavy (non-hydrogen) atoms. The maximum absolute atomic E-state index is 14.8. The SMILES string of the molecule is CC[C@H](NC)C(=O)N[C@@H]1C(=O)N2[C@@H](CC[C@@H]1CCC(=O)CCC#CC#CCCC(=O)NCCCC(=O)[C@@H](NC(=O)[C@@H]1CC[C@@H]3CC[C@H](CO)[C@H](NC(=O)[C@H](CC)NC)C(=O)N31)c1ccccc1)CC[C@H]2C(=O)CC(c1ccccc1)c1ccccc1. The van der Waals surface area contributed by atoms with Crippen molar-refractivity contribution in [2.45, 2.75) is 196 Å². The Kier molecular flexibility index (Phi) is 25.6. The van der Waals surface area contributed by atoms with Crippen LogP contribution in [0.2, 0.25) is 0 Å². The minimum absolute atomic E-state index is 0.00322. The molecule has 4 heterocycles. The minimum atomic E-state index is -1.01. The second-order valence-corrected chi connectivity index (χ2v) is 23.3. The van der Waals surface area contributed by atoms with Crippen molar-refractivity contribution in [2.24, 2.45) is 11.8 Å². The Labute approximate surface area is 507 Å². The molecule has 7 N–H and O–H groups in total. The normalized spacial score (nSPS) is 22.7. The number of aliphatic hydroxyl groups excluding tert-OH is 1. The van der Waals surface area contributed by atoms with Crippen LogP contribution in [0.1, 0.15) is 164 Å². The number of fused-ring (bicyclic) bond motifs is 2. The van der Waals surface area contributed by atoms with Gasteiger partial charge in [-0.2, -0.15) is 0 Å². The van der Waals surface area contributed by atoms with E-state index in [2.05, 4.69) is 55.6 Å². The third-order valence-electron chi connectivity index (χ3n) is 17.9. The second kappa shape index (κ2) is 33.4. The molecule has 4 aliphatic rings. The van der Waals surface area contributed by atoms with Gasteiger partial charge in [-0.15, -0.1) is 0 Å². The highest BCUT2D eigenvalue weighted by Gasteiger charge is 2.50. The monoisotopic (exact) mass is 1180 g/mol. The first-order valence-electron chi connectivity index (χ1n) is 31.2. The predicted molar refractivity (Wildman–Crippen MR) is 327 cm³/mol. The summed E-state index contributed by atoms with van der Waals surface area (Å²) in [5.74, 6) is 8.01. The molecule has 0 saturated carbocycles. The Morgan fingerprint density at radius 1 is 0.593 bits per heavy atom. The third kappa shape index (κ3) is 17.6. The van der Waals surface area contributed by atoms with Crippen molar-refractivity contribution in [3.63, 3.8) is 0 Å². The van der Waals surface area contributed by atoms with Crippen molar-refractivity contribution in [1.82, 2.24) is 41.7 Å². The molecule has 460 valence electrons. The van der Waals surface area contributed by atoms with E-state index < -0.39 is 60.0 Å². The summed E-state index contributed by atoms with van der Waals surface area (Å²) in [7, 11) is 3.37. The van der Waals surface area contributed by atoms with Crippen LogP contribution >= 0.6 is 0 Å². The number of aliphatic hydroxyl groups is 1. The molecule has 18 nitrogen and oxygen atoms in total. The van der Waals surface area contributed by atoms with Crippen LogP contribution in [0.3, 0.4) is 0 Å². The first-order chi connectivity index (χ1) is 41.7. The molecule has 6 amide bonds. The minimum Gasteiger partial charge on any atom is -0.396 e. The summed E-state index contributed by atoms with van der Waals surface area (Å²) in [6.07, 6.45) is 7.57. The number of hydrogen-bond donors (Lipinski definition) is 7. The summed E-state index contributed by atoms with van der Waals surface area (Å²) in [6, 6.07) is 22.9. The molecule has 4 aliphatic heterocycles. The Morgan fingerprint density at radius 2 is 1.08 bits per heavy atom. The lowest BCUT2D eigenvalue weighted by molar-refractivity contribution is -0.144. The molecule has 3 aromatic carbocycles. The quantitative estimate of drug-likeness (QED) is 0.0336. The number of amides is 6. The van der Waals surface area contributed by atoms with Crippen molar-refractivity contribution in [3.05, 3.63) is 108 Å². The van der Waals surface area contributed by atoms with E-state index in [1.54, 1.807) is 54.2 Å². The largest absolute Gasteiger partial charge is 0.396 e. The van der Waals surface area contributed by atoms with Crippen molar-refractivity contribution >= 4 is 52.8 Å². The van der Waals surface area contributed by atoms with Crippen LogP contribution in [0.5, 0.6) is 0 Å². The van der Waals surface area contributed by atoms with E-state index in [1.807, 2.05) is 74.5 Å². The van der Waals surface area contributed by atoms with Gasteiger partial charge in [-0.05, 0) is 126 Å². The topological polar surface area (TPSA) is 253 Å². The lowest BCUT2D eigenvalue weighted by Gasteiger charge is -2.33. The molecule has 0 radical (unpaired) electrons. The van der Waals surface area contributed by atoms with Gasteiger partial charge in [0.15, 0.2) is 11.6 Å². The molecule has 18 heteroatoms. The van der Waals surface area contributed by atoms with Gasteiger partial charge < -0.3 is 46.8 Å². The molecule has 3 aromatic rings. The molecule has 0 aliphatic carbocycles. The molecule has 4 fully saturated rings. The zero-order chi connectivity index (χ0) is 61.5. The summed E-state index contributed by atoms with van der Waals surface area (Å²) in [6.45, 7) is 3.66. The average molecular weight is 1180 g/mol. The van der Waals surface area contributed by atoms with Gasteiger partial charge in [0.05, 0.1) is 18.1 Å². The summed E-state index contributed by atoms with van der Waals surface area (Å²) in [4.78, 5) is 127.